The van der Waals surface area contributed by atoms with Gasteiger partial charge in [-0.15, -0.1) is 0 Å². The summed E-state index contributed by atoms with van der Waals surface area (Å²) in [6.45, 7) is 0.676. The Labute approximate surface area is 145 Å². The van der Waals surface area contributed by atoms with E-state index in [1.54, 1.807) is 11.0 Å². The number of phenols is 1. The van der Waals surface area contributed by atoms with Crippen molar-refractivity contribution in [2.24, 2.45) is 17.4 Å². The average molecular weight is 362 g/mol. The molecular formula is C15H21Cl2N3O3. The number of aliphatic hydroxyl groups excluding tert-OH is 1. The van der Waals surface area contributed by atoms with E-state index in [-0.39, 0.29) is 29.2 Å². The highest BCUT2D eigenvalue weighted by Gasteiger charge is 2.30. The van der Waals surface area contributed by atoms with Gasteiger partial charge >= 0.3 is 0 Å². The predicted molar refractivity (Wildman–Crippen MR) is 89.4 cm³/mol. The van der Waals surface area contributed by atoms with E-state index in [1.165, 1.54) is 6.07 Å². The number of piperidine rings is 1. The smallest absolute Gasteiger partial charge is 0.241 e. The zero-order valence-electron chi connectivity index (χ0n) is 12.6. The Hall–Kier alpha value is -1.05. The zero-order valence-corrected chi connectivity index (χ0v) is 14.1. The van der Waals surface area contributed by atoms with Crippen molar-refractivity contribution in [2.45, 2.75) is 24.9 Å². The molecule has 2 rings (SSSR count). The number of halogens is 2. The molecule has 0 radical (unpaired) electrons. The van der Waals surface area contributed by atoms with Gasteiger partial charge in [0.1, 0.15) is 11.8 Å². The van der Waals surface area contributed by atoms with Crippen LogP contribution in [-0.4, -0.2) is 46.8 Å². The Morgan fingerprint density at radius 3 is 2.39 bits per heavy atom. The maximum atomic E-state index is 11.9. The molecule has 1 aromatic carbocycles. The van der Waals surface area contributed by atoms with Gasteiger partial charge in [0.05, 0.1) is 16.7 Å². The molecule has 0 saturated carbocycles. The fraction of sp³-hybridized carbons (Fsp3) is 0.533. The molecule has 1 fully saturated rings. The number of benzene rings is 1. The highest BCUT2D eigenvalue weighted by molar-refractivity contribution is 6.42. The van der Waals surface area contributed by atoms with E-state index in [1.807, 2.05) is 0 Å². The molecule has 6 nitrogen and oxygen atoms in total. The molecule has 0 aliphatic carbocycles. The topological polar surface area (TPSA) is 113 Å². The minimum atomic E-state index is -0.876. The van der Waals surface area contributed by atoms with E-state index in [0.29, 0.717) is 36.5 Å². The van der Waals surface area contributed by atoms with Crippen molar-refractivity contribution >= 4 is 29.1 Å². The molecule has 0 spiro atoms. The lowest BCUT2D eigenvalue weighted by Gasteiger charge is -2.36. The molecule has 1 saturated heterocycles. The van der Waals surface area contributed by atoms with Crippen LogP contribution in [0.2, 0.25) is 10.0 Å². The first kappa shape index (κ1) is 18.3. The third kappa shape index (κ3) is 4.08. The Morgan fingerprint density at radius 2 is 1.83 bits per heavy atom. The number of aromatic hydroxyl groups is 1. The van der Waals surface area contributed by atoms with E-state index in [2.05, 4.69) is 0 Å². The van der Waals surface area contributed by atoms with Crippen LogP contribution in [-0.2, 0) is 4.79 Å². The van der Waals surface area contributed by atoms with Crippen molar-refractivity contribution in [2.75, 3.05) is 19.7 Å². The van der Waals surface area contributed by atoms with E-state index < -0.39 is 12.1 Å². The molecular weight excluding hydrogens is 341 g/mol. The van der Waals surface area contributed by atoms with Crippen LogP contribution in [0.15, 0.2) is 12.1 Å². The summed E-state index contributed by atoms with van der Waals surface area (Å²) in [4.78, 5) is 13.6. The fourth-order valence-electron chi connectivity index (χ4n) is 2.86. The summed E-state index contributed by atoms with van der Waals surface area (Å²) < 4.78 is 0. The number of nitrogens with two attached hydrogens (primary N) is 2. The van der Waals surface area contributed by atoms with Gasteiger partial charge < -0.3 is 26.6 Å². The summed E-state index contributed by atoms with van der Waals surface area (Å²) in [5, 5.41) is 19.6. The van der Waals surface area contributed by atoms with Crippen molar-refractivity contribution in [3.8, 4) is 5.75 Å². The zero-order chi connectivity index (χ0) is 17.1. The average Bonchev–Trinajstić information content (AvgIpc) is 2.56. The second kappa shape index (κ2) is 7.68. The van der Waals surface area contributed by atoms with E-state index >= 15 is 0 Å². The summed E-state index contributed by atoms with van der Waals surface area (Å²) >= 11 is 11.9. The van der Waals surface area contributed by atoms with Crippen molar-refractivity contribution < 1.29 is 15.0 Å². The molecule has 23 heavy (non-hydrogen) atoms. The maximum absolute atomic E-state index is 11.9. The Morgan fingerprint density at radius 1 is 1.26 bits per heavy atom. The van der Waals surface area contributed by atoms with E-state index in [4.69, 9.17) is 39.8 Å². The summed E-state index contributed by atoms with van der Waals surface area (Å²) in [5.74, 6) is -0.128. The van der Waals surface area contributed by atoms with Gasteiger partial charge in [0.2, 0.25) is 5.91 Å². The number of hydrogen-bond donors (Lipinski definition) is 4. The summed E-state index contributed by atoms with van der Waals surface area (Å²) in [5.41, 5.74) is 12.4. The quantitative estimate of drug-likeness (QED) is 0.644. The summed E-state index contributed by atoms with van der Waals surface area (Å²) in [6.07, 6.45) is 1.37. The molecule has 1 aromatic rings. The number of likely N-dealkylation sites (tertiary alicyclic amines) is 1. The molecule has 1 heterocycles. The van der Waals surface area contributed by atoms with Gasteiger partial charge in [-0.2, -0.15) is 0 Å². The third-order valence-corrected chi connectivity index (χ3v) is 5.02. The number of rotatable bonds is 4. The fourth-order valence-corrected chi connectivity index (χ4v) is 3.19. The first-order chi connectivity index (χ1) is 10.8. The van der Waals surface area contributed by atoms with Crippen LogP contribution in [0.3, 0.4) is 0 Å². The summed E-state index contributed by atoms with van der Waals surface area (Å²) in [6, 6.07) is 1.70. The molecule has 2 atom stereocenters. The number of amides is 1. The number of carbonyl (C=O) groups excluding carboxylic acids is 1. The third-order valence-electron chi connectivity index (χ3n) is 4.30. The Balaban J connectivity index is 2.03. The van der Waals surface area contributed by atoms with Crippen LogP contribution < -0.4 is 11.5 Å². The van der Waals surface area contributed by atoms with Crippen LogP contribution in [0, 0.1) is 5.92 Å². The second-order valence-corrected chi connectivity index (χ2v) is 6.62. The van der Waals surface area contributed by atoms with E-state index in [9.17, 15) is 9.90 Å². The standard InChI is InChI=1S/C15H21Cl2N3O3/c16-10-5-9(13(22)6-11(10)17)14(19)8-1-3-20(4-2-8)15(23)12(18)7-21/h5-6,8,12,14,21-22H,1-4,7,18-19H2/t12-,14-/m1/s1. The molecule has 0 unspecified atom stereocenters. The van der Waals surface area contributed by atoms with Gasteiger partial charge in [-0.25, -0.2) is 0 Å². The Bertz CT molecular complexity index is 577. The molecule has 1 aliphatic heterocycles. The first-order valence-electron chi connectivity index (χ1n) is 7.43. The van der Waals surface area contributed by atoms with Crippen molar-refractivity contribution in [1.29, 1.82) is 0 Å². The normalized spacial score (nSPS) is 18.7. The van der Waals surface area contributed by atoms with Crippen molar-refractivity contribution in [1.82, 2.24) is 4.90 Å². The molecule has 8 heteroatoms. The van der Waals surface area contributed by atoms with Crippen molar-refractivity contribution in [3.63, 3.8) is 0 Å². The highest BCUT2D eigenvalue weighted by Crippen LogP contribution is 2.37. The molecule has 1 amide bonds. The molecule has 0 aromatic heterocycles. The molecule has 1 aliphatic rings. The maximum Gasteiger partial charge on any atom is 0.241 e. The monoisotopic (exact) mass is 361 g/mol. The summed E-state index contributed by atoms with van der Waals surface area (Å²) in [7, 11) is 0. The minimum Gasteiger partial charge on any atom is -0.508 e. The predicted octanol–water partition coefficient (Wildman–Crippen LogP) is 1.26. The van der Waals surface area contributed by atoms with Gasteiger partial charge in [0, 0.05) is 30.8 Å². The van der Waals surface area contributed by atoms with Gasteiger partial charge in [-0.05, 0) is 24.8 Å². The van der Waals surface area contributed by atoms with Crippen molar-refractivity contribution in [3.05, 3.63) is 27.7 Å². The number of phenolic OH excluding ortho intramolecular Hbond substituents is 1. The SMILES string of the molecule is N[C@H](CO)C(=O)N1CCC([C@@H](N)c2cc(Cl)c(Cl)cc2O)CC1. The van der Waals surface area contributed by atoms with Gasteiger partial charge in [0.15, 0.2) is 0 Å². The van der Waals surface area contributed by atoms with Crippen LogP contribution in [0.25, 0.3) is 0 Å². The highest BCUT2D eigenvalue weighted by atomic mass is 35.5. The lowest BCUT2D eigenvalue weighted by Crippen LogP contribution is -2.49. The molecule has 0 bridgehead atoms. The van der Waals surface area contributed by atoms with Gasteiger partial charge in [-0.1, -0.05) is 23.2 Å². The van der Waals surface area contributed by atoms with Gasteiger partial charge in [-0.3, -0.25) is 4.79 Å². The lowest BCUT2D eigenvalue weighted by molar-refractivity contribution is -0.134. The van der Waals surface area contributed by atoms with Crippen LogP contribution in [0.4, 0.5) is 0 Å². The van der Waals surface area contributed by atoms with Crippen LogP contribution in [0.1, 0.15) is 24.4 Å². The number of carbonyl (C=O) groups is 1. The lowest BCUT2D eigenvalue weighted by atomic mass is 9.85. The second-order valence-electron chi connectivity index (χ2n) is 5.80. The number of hydrogen-bond acceptors (Lipinski definition) is 5. The van der Waals surface area contributed by atoms with E-state index in [0.717, 1.165) is 0 Å². The molecule has 6 N–H and O–H groups in total. The minimum absolute atomic E-state index is 0.0210. The van der Waals surface area contributed by atoms with Crippen LogP contribution >= 0.6 is 23.2 Å². The Kier molecular flexibility index (Phi) is 6.11. The number of aliphatic hydroxyl groups is 1. The first-order valence-corrected chi connectivity index (χ1v) is 8.19. The number of nitrogens with zero attached hydrogens (tertiary/aromatic N) is 1. The van der Waals surface area contributed by atoms with Crippen LogP contribution in [0.5, 0.6) is 5.75 Å². The molecule has 128 valence electrons. The largest absolute Gasteiger partial charge is 0.508 e. The van der Waals surface area contributed by atoms with Gasteiger partial charge in [0.25, 0.3) is 0 Å².